The molecule has 0 saturated carbocycles. The molecular formula is C19H25N3O3S. The molecule has 0 radical (unpaired) electrons. The number of likely N-dealkylation sites (tertiary alicyclic amines) is 1. The van der Waals surface area contributed by atoms with Crippen LogP contribution in [0.4, 0.5) is 0 Å². The molecular weight excluding hydrogens is 350 g/mol. The Morgan fingerprint density at radius 2 is 2.19 bits per heavy atom. The molecule has 1 amide bonds. The lowest BCUT2D eigenvalue weighted by Crippen LogP contribution is -2.41. The van der Waals surface area contributed by atoms with Crippen LogP contribution in [0.15, 0.2) is 21.3 Å². The Hall–Kier alpha value is -1.73. The monoisotopic (exact) mass is 375 g/mol. The van der Waals surface area contributed by atoms with E-state index in [0.29, 0.717) is 24.1 Å². The molecule has 0 bridgehead atoms. The molecule has 7 heteroatoms. The lowest BCUT2D eigenvalue weighted by Gasteiger charge is -2.32. The van der Waals surface area contributed by atoms with Gasteiger partial charge in [0, 0.05) is 38.6 Å². The first-order valence-electron chi connectivity index (χ1n) is 9.47. The highest BCUT2D eigenvalue weighted by Gasteiger charge is 2.27. The molecule has 1 unspecified atom stereocenters. The third kappa shape index (κ3) is 4.32. The zero-order valence-electron chi connectivity index (χ0n) is 14.9. The predicted octanol–water partition coefficient (Wildman–Crippen LogP) is 3.05. The minimum atomic E-state index is 0.224. The SMILES string of the molecule is O=C(Cc1ccsc1)N1CCCC(Cc2nc(C3CCOCC3)no2)C1. The maximum atomic E-state index is 12.5. The first-order valence-corrected chi connectivity index (χ1v) is 10.4. The summed E-state index contributed by atoms with van der Waals surface area (Å²) >= 11 is 1.64. The van der Waals surface area contributed by atoms with Gasteiger partial charge in [-0.3, -0.25) is 4.79 Å². The van der Waals surface area contributed by atoms with Crippen LogP contribution >= 0.6 is 11.3 Å². The summed E-state index contributed by atoms with van der Waals surface area (Å²) in [4.78, 5) is 19.2. The molecule has 0 spiro atoms. The summed E-state index contributed by atoms with van der Waals surface area (Å²) in [5.74, 6) is 2.52. The average molecular weight is 375 g/mol. The van der Waals surface area contributed by atoms with E-state index in [1.165, 1.54) is 0 Å². The minimum Gasteiger partial charge on any atom is -0.381 e. The van der Waals surface area contributed by atoms with Gasteiger partial charge < -0.3 is 14.2 Å². The topological polar surface area (TPSA) is 68.5 Å². The van der Waals surface area contributed by atoms with E-state index in [1.807, 2.05) is 16.3 Å². The van der Waals surface area contributed by atoms with Crippen molar-refractivity contribution in [2.24, 2.45) is 5.92 Å². The number of aromatic nitrogens is 2. The van der Waals surface area contributed by atoms with Crippen molar-refractivity contribution in [3.05, 3.63) is 34.1 Å². The Labute approximate surface area is 157 Å². The fourth-order valence-electron chi connectivity index (χ4n) is 3.86. The van der Waals surface area contributed by atoms with Crippen LogP contribution in [-0.2, 0) is 22.4 Å². The van der Waals surface area contributed by atoms with E-state index in [2.05, 4.69) is 15.5 Å². The van der Waals surface area contributed by atoms with Crippen molar-refractivity contribution in [1.82, 2.24) is 15.0 Å². The molecule has 26 heavy (non-hydrogen) atoms. The Morgan fingerprint density at radius 1 is 1.31 bits per heavy atom. The number of amides is 1. The summed E-state index contributed by atoms with van der Waals surface area (Å²) in [6, 6.07) is 2.03. The van der Waals surface area contributed by atoms with E-state index in [4.69, 9.17) is 9.26 Å². The molecule has 6 nitrogen and oxygen atoms in total. The number of carbonyl (C=O) groups is 1. The van der Waals surface area contributed by atoms with Gasteiger partial charge >= 0.3 is 0 Å². The van der Waals surface area contributed by atoms with Gasteiger partial charge in [-0.25, -0.2) is 0 Å². The highest BCUT2D eigenvalue weighted by atomic mass is 32.1. The van der Waals surface area contributed by atoms with Crippen LogP contribution in [0.25, 0.3) is 0 Å². The molecule has 2 aliphatic heterocycles. The Balaban J connectivity index is 1.32. The lowest BCUT2D eigenvalue weighted by atomic mass is 9.94. The van der Waals surface area contributed by atoms with Crippen molar-refractivity contribution in [2.45, 2.75) is 44.4 Å². The summed E-state index contributed by atoms with van der Waals surface area (Å²) in [6.45, 7) is 3.20. The summed E-state index contributed by atoms with van der Waals surface area (Å²) in [6.07, 6.45) is 5.35. The van der Waals surface area contributed by atoms with Crippen LogP contribution in [0.5, 0.6) is 0 Å². The van der Waals surface area contributed by atoms with Crippen molar-refractivity contribution >= 4 is 17.2 Å². The summed E-state index contributed by atoms with van der Waals surface area (Å²) in [5, 5.41) is 8.26. The fraction of sp³-hybridized carbons (Fsp3) is 0.632. The third-order valence-corrected chi connectivity index (χ3v) is 6.07. The zero-order chi connectivity index (χ0) is 17.8. The molecule has 4 heterocycles. The van der Waals surface area contributed by atoms with Gasteiger partial charge in [-0.2, -0.15) is 16.3 Å². The van der Waals surface area contributed by atoms with E-state index >= 15 is 0 Å². The fourth-order valence-corrected chi connectivity index (χ4v) is 4.53. The van der Waals surface area contributed by atoms with Crippen molar-refractivity contribution in [3.63, 3.8) is 0 Å². The summed E-state index contributed by atoms with van der Waals surface area (Å²) in [5.41, 5.74) is 1.11. The molecule has 2 saturated heterocycles. The smallest absolute Gasteiger partial charge is 0.227 e. The molecule has 0 aromatic carbocycles. The Kier molecular flexibility index (Phi) is 5.65. The third-order valence-electron chi connectivity index (χ3n) is 5.34. The van der Waals surface area contributed by atoms with Crippen LogP contribution in [0.2, 0.25) is 0 Å². The number of piperidine rings is 1. The van der Waals surface area contributed by atoms with Crippen LogP contribution in [0, 0.1) is 5.92 Å². The number of carbonyl (C=O) groups excluding carboxylic acids is 1. The second-order valence-electron chi connectivity index (χ2n) is 7.29. The maximum Gasteiger partial charge on any atom is 0.227 e. The molecule has 2 aromatic heterocycles. The minimum absolute atomic E-state index is 0.224. The van der Waals surface area contributed by atoms with E-state index < -0.39 is 0 Å². The largest absolute Gasteiger partial charge is 0.381 e. The molecule has 4 rings (SSSR count). The number of rotatable bonds is 5. The standard InChI is InChI=1S/C19H25N3O3S/c23-18(11-15-5-9-26-13-15)22-6-1-2-14(12-22)10-17-20-19(21-25-17)16-3-7-24-8-4-16/h5,9,13-14,16H,1-4,6-8,10-12H2. The average Bonchev–Trinajstić information content (AvgIpc) is 3.35. The Morgan fingerprint density at radius 3 is 3.00 bits per heavy atom. The summed E-state index contributed by atoms with van der Waals surface area (Å²) in [7, 11) is 0. The molecule has 0 aliphatic carbocycles. The van der Waals surface area contributed by atoms with Gasteiger partial charge in [-0.05, 0) is 54.0 Å². The van der Waals surface area contributed by atoms with Crippen molar-refractivity contribution in [2.75, 3.05) is 26.3 Å². The predicted molar refractivity (Wildman–Crippen MR) is 98.1 cm³/mol. The molecule has 0 N–H and O–H groups in total. The van der Waals surface area contributed by atoms with E-state index in [1.54, 1.807) is 11.3 Å². The van der Waals surface area contributed by atoms with Gasteiger partial charge in [-0.1, -0.05) is 5.16 Å². The van der Waals surface area contributed by atoms with Gasteiger partial charge in [0.25, 0.3) is 0 Å². The molecule has 1 atom stereocenters. The molecule has 2 aromatic rings. The van der Waals surface area contributed by atoms with E-state index in [-0.39, 0.29) is 5.91 Å². The quantitative estimate of drug-likeness (QED) is 0.803. The number of nitrogens with zero attached hydrogens (tertiary/aromatic N) is 3. The summed E-state index contributed by atoms with van der Waals surface area (Å²) < 4.78 is 10.9. The second-order valence-corrected chi connectivity index (χ2v) is 8.07. The highest BCUT2D eigenvalue weighted by molar-refractivity contribution is 7.08. The van der Waals surface area contributed by atoms with E-state index in [0.717, 1.165) is 69.8 Å². The normalized spacial score (nSPS) is 21.8. The van der Waals surface area contributed by atoms with Gasteiger partial charge in [0.15, 0.2) is 5.82 Å². The molecule has 140 valence electrons. The van der Waals surface area contributed by atoms with Crippen LogP contribution in [-0.4, -0.2) is 47.3 Å². The highest BCUT2D eigenvalue weighted by Crippen LogP contribution is 2.26. The van der Waals surface area contributed by atoms with Gasteiger partial charge in [0.05, 0.1) is 6.42 Å². The maximum absolute atomic E-state index is 12.5. The molecule has 2 fully saturated rings. The number of ether oxygens (including phenoxy) is 1. The van der Waals surface area contributed by atoms with Crippen LogP contribution in [0.1, 0.15) is 48.9 Å². The van der Waals surface area contributed by atoms with Crippen molar-refractivity contribution < 1.29 is 14.1 Å². The van der Waals surface area contributed by atoms with Gasteiger partial charge in [0.1, 0.15) is 0 Å². The Bertz CT molecular complexity index is 709. The lowest BCUT2D eigenvalue weighted by molar-refractivity contribution is -0.132. The van der Waals surface area contributed by atoms with Crippen LogP contribution < -0.4 is 0 Å². The number of hydrogen-bond donors (Lipinski definition) is 0. The number of hydrogen-bond acceptors (Lipinski definition) is 6. The first kappa shape index (κ1) is 17.7. The van der Waals surface area contributed by atoms with Gasteiger partial charge in [-0.15, -0.1) is 0 Å². The first-order chi connectivity index (χ1) is 12.8. The number of thiophene rings is 1. The van der Waals surface area contributed by atoms with Crippen LogP contribution in [0.3, 0.4) is 0 Å². The van der Waals surface area contributed by atoms with Crippen molar-refractivity contribution in [3.8, 4) is 0 Å². The zero-order valence-corrected chi connectivity index (χ0v) is 15.7. The molecule has 2 aliphatic rings. The van der Waals surface area contributed by atoms with E-state index in [9.17, 15) is 4.79 Å². The second kappa shape index (κ2) is 8.31. The van der Waals surface area contributed by atoms with Crippen molar-refractivity contribution in [1.29, 1.82) is 0 Å². The van der Waals surface area contributed by atoms with Gasteiger partial charge in [0.2, 0.25) is 11.8 Å².